The van der Waals surface area contributed by atoms with E-state index in [0.717, 1.165) is 37.1 Å². The number of hydrogen-bond acceptors (Lipinski definition) is 7. The number of aliphatic hydroxyl groups is 1. The van der Waals surface area contributed by atoms with E-state index in [1.54, 1.807) is 0 Å². The molecule has 1 aromatic carbocycles. The molecule has 4 rings (SSSR count). The fraction of sp³-hybridized carbons (Fsp3) is 0.389. The monoisotopic (exact) mass is 340 g/mol. The maximum absolute atomic E-state index is 9.60. The van der Waals surface area contributed by atoms with Crippen LogP contribution in [0.15, 0.2) is 39.3 Å². The molecule has 3 heterocycles. The molecule has 1 fully saturated rings. The van der Waals surface area contributed by atoms with Gasteiger partial charge in [0.2, 0.25) is 5.89 Å². The van der Waals surface area contributed by atoms with Crippen LogP contribution in [-0.2, 0) is 6.54 Å². The van der Waals surface area contributed by atoms with E-state index in [2.05, 4.69) is 20.3 Å². The molecule has 130 valence electrons. The van der Waals surface area contributed by atoms with Crippen molar-refractivity contribution in [3.63, 3.8) is 0 Å². The van der Waals surface area contributed by atoms with E-state index in [-0.39, 0.29) is 6.10 Å². The molecule has 25 heavy (non-hydrogen) atoms. The Hall–Kier alpha value is -2.51. The van der Waals surface area contributed by atoms with Crippen LogP contribution in [0.2, 0.25) is 0 Å². The number of likely N-dealkylation sites (tertiary alicyclic amines) is 1. The van der Waals surface area contributed by atoms with Gasteiger partial charge in [-0.2, -0.15) is 0 Å². The van der Waals surface area contributed by atoms with Crippen molar-refractivity contribution in [2.24, 2.45) is 0 Å². The van der Waals surface area contributed by atoms with E-state index >= 15 is 0 Å². The molecule has 0 saturated carbocycles. The van der Waals surface area contributed by atoms with Crippen molar-refractivity contribution in [3.05, 3.63) is 42.0 Å². The van der Waals surface area contributed by atoms with Crippen molar-refractivity contribution in [1.82, 2.24) is 20.3 Å². The Morgan fingerprint density at radius 1 is 1.16 bits per heavy atom. The normalized spacial score (nSPS) is 16.4. The molecular formula is C18H20N4O3. The molecule has 7 heteroatoms. The fourth-order valence-electron chi connectivity index (χ4n) is 3.10. The molecule has 0 atom stereocenters. The number of aryl methyl sites for hydroxylation is 1. The highest BCUT2D eigenvalue weighted by Crippen LogP contribution is 2.33. The Labute approximate surface area is 145 Å². The van der Waals surface area contributed by atoms with Gasteiger partial charge in [0.1, 0.15) is 17.0 Å². The number of rotatable bonds is 4. The van der Waals surface area contributed by atoms with E-state index in [1.165, 1.54) is 0 Å². The summed E-state index contributed by atoms with van der Waals surface area (Å²) >= 11 is 0. The Morgan fingerprint density at radius 2 is 1.92 bits per heavy atom. The van der Waals surface area contributed by atoms with E-state index in [0.29, 0.717) is 29.8 Å². The van der Waals surface area contributed by atoms with Crippen molar-refractivity contribution in [1.29, 1.82) is 0 Å². The standard InChI is InChI=1S/C18H20N4O3/c1-12-16(17(21-25-12)13-5-3-2-4-6-13)18-20-19-15(24-18)11-22-9-7-14(23)8-10-22/h2-6,14,23H,7-11H2,1H3. The van der Waals surface area contributed by atoms with Gasteiger partial charge in [0, 0.05) is 18.7 Å². The van der Waals surface area contributed by atoms with Gasteiger partial charge in [0.05, 0.1) is 12.6 Å². The van der Waals surface area contributed by atoms with E-state index in [9.17, 15) is 5.11 Å². The smallest absolute Gasteiger partial charge is 0.253 e. The summed E-state index contributed by atoms with van der Waals surface area (Å²) in [6.45, 7) is 4.09. The Bertz CT molecular complexity index is 835. The van der Waals surface area contributed by atoms with Crippen molar-refractivity contribution in [2.75, 3.05) is 13.1 Å². The SMILES string of the molecule is Cc1onc(-c2ccccc2)c1-c1nnc(CN2CCC(O)CC2)o1. The Kier molecular flexibility index (Phi) is 4.33. The van der Waals surface area contributed by atoms with Gasteiger partial charge >= 0.3 is 0 Å². The second-order valence-electron chi connectivity index (χ2n) is 6.34. The van der Waals surface area contributed by atoms with Crippen LogP contribution in [0.25, 0.3) is 22.7 Å². The minimum absolute atomic E-state index is 0.192. The minimum Gasteiger partial charge on any atom is -0.419 e. The first kappa shape index (κ1) is 16.0. The average molecular weight is 340 g/mol. The largest absolute Gasteiger partial charge is 0.419 e. The summed E-state index contributed by atoms with van der Waals surface area (Å²) in [7, 11) is 0. The van der Waals surface area contributed by atoms with Gasteiger partial charge in [-0.3, -0.25) is 4.90 Å². The number of benzene rings is 1. The molecule has 0 bridgehead atoms. The summed E-state index contributed by atoms with van der Waals surface area (Å²) in [6, 6.07) is 9.80. The van der Waals surface area contributed by atoms with Crippen LogP contribution in [0.5, 0.6) is 0 Å². The molecule has 0 spiro atoms. The van der Waals surface area contributed by atoms with Crippen molar-refractivity contribution in [2.45, 2.75) is 32.4 Å². The summed E-state index contributed by atoms with van der Waals surface area (Å²) in [6.07, 6.45) is 1.37. The quantitative estimate of drug-likeness (QED) is 0.781. The van der Waals surface area contributed by atoms with Gasteiger partial charge in [-0.1, -0.05) is 35.5 Å². The van der Waals surface area contributed by atoms with E-state index in [1.807, 2.05) is 37.3 Å². The number of aliphatic hydroxyl groups excluding tert-OH is 1. The number of aromatic nitrogens is 3. The molecule has 0 aliphatic carbocycles. The third-order valence-corrected chi connectivity index (χ3v) is 4.51. The van der Waals surface area contributed by atoms with Crippen LogP contribution in [-0.4, -0.2) is 44.6 Å². The summed E-state index contributed by atoms with van der Waals surface area (Å²) in [5.41, 5.74) is 2.38. The minimum atomic E-state index is -0.192. The van der Waals surface area contributed by atoms with Crippen molar-refractivity contribution < 1.29 is 14.0 Å². The van der Waals surface area contributed by atoms with Crippen LogP contribution < -0.4 is 0 Å². The Morgan fingerprint density at radius 3 is 2.68 bits per heavy atom. The highest BCUT2D eigenvalue weighted by molar-refractivity contribution is 5.77. The van der Waals surface area contributed by atoms with Gasteiger partial charge in [-0.05, 0) is 19.8 Å². The highest BCUT2D eigenvalue weighted by Gasteiger charge is 2.23. The van der Waals surface area contributed by atoms with E-state index in [4.69, 9.17) is 8.94 Å². The number of piperidine rings is 1. The predicted molar refractivity (Wildman–Crippen MR) is 90.5 cm³/mol. The molecule has 1 aliphatic rings. The first-order valence-electron chi connectivity index (χ1n) is 8.45. The lowest BCUT2D eigenvalue weighted by Crippen LogP contribution is -2.35. The van der Waals surface area contributed by atoms with Crippen molar-refractivity contribution in [3.8, 4) is 22.7 Å². The van der Waals surface area contributed by atoms with Crippen LogP contribution >= 0.6 is 0 Å². The Balaban J connectivity index is 1.57. The molecule has 1 N–H and O–H groups in total. The maximum atomic E-state index is 9.60. The van der Waals surface area contributed by atoms with Gasteiger partial charge < -0.3 is 14.0 Å². The summed E-state index contributed by atoms with van der Waals surface area (Å²) in [5.74, 6) is 1.63. The third kappa shape index (κ3) is 3.33. The number of nitrogens with zero attached hydrogens (tertiary/aromatic N) is 4. The lowest BCUT2D eigenvalue weighted by molar-refractivity contribution is 0.0752. The maximum Gasteiger partial charge on any atom is 0.253 e. The van der Waals surface area contributed by atoms with Gasteiger partial charge in [0.15, 0.2) is 0 Å². The summed E-state index contributed by atoms with van der Waals surface area (Å²) in [5, 5.41) is 22.1. The predicted octanol–water partition coefficient (Wildman–Crippen LogP) is 2.66. The van der Waals surface area contributed by atoms with E-state index < -0.39 is 0 Å². The lowest BCUT2D eigenvalue weighted by atomic mass is 10.1. The first-order chi connectivity index (χ1) is 12.2. The molecule has 0 amide bonds. The lowest BCUT2D eigenvalue weighted by Gasteiger charge is -2.27. The zero-order valence-electron chi connectivity index (χ0n) is 14.1. The molecule has 7 nitrogen and oxygen atoms in total. The second kappa shape index (κ2) is 6.78. The number of hydrogen-bond donors (Lipinski definition) is 1. The summed E-state index contributed by atoms with van der Waals surface area (Å²) in [4.78, 5) is 2.21. The van der Waals surface area contributed by atoms with Crippen LogP contribution in [0.4, 0.5) is 0 Å². The molecule has 3 aromatic rings. The molecule has 2 aromatic heterocycles. The molecular weight excluding hydrogens is 320 g/mol. The van der Waals surface area contributed by atoms with Gasteiger partial charge in [-0.25, -0.2) is 0 Å². The fourth-order valence-corrected chi connectivity index (χ4v) is 3.10. The molecule has 0 radical (unpaired) electrons. The van der Waals surface area contributed by atoms with Crippen LogP contribution in [0.1, 0.15) is 24.5 Å². The van der Waals surface area contributed by atoms with Crippen LogP contribution in [0.3, 0.4) is 0 Å². The zero-order valence-corrected chi connectivity index (χ0v) is 14.1. The summed E-state index contributed by atoms with van der Waals surface area (Å²) < 4.78 is 11.2. The van der Waals surface area contributed by atoms with Gasteiger partial charge in [0.25, 0.3) is 5.89 Å². The average Bonchev–Trinajstić information content (AvgIpc) is 3.24. The molecule has 0 unspecified atom stereocenters. The molecule has 1 saturated heterocycles. The zero-order chi connectivity index (χ0) is 17.2. The first-order valence-corrected chi connectivity index (χ1v) is 8.45. The van der Waals surface area contributed by atoms with Gasteiger partial charge in [-0.15, -0.1) is 10.2 Å². The second-order valence-corrected chi connectivity index (χ2v) is 6.34. The van der Waals surface area contributed by atoms with Crippen LogP contribution in [0, 0.1) is 6.92 Å². The third-order valence-electron chi connectivity index (χ3n) is 4.51. The molecule has 1 aliphatic heterocycles. The topological polar surface area (TPSA) is 88.4 Å². The highest BCUT2D eigenvalue weighted by atomic mass is 16.5. The van der Waals surface area contributed by atoms with Crippen molar-refractivity contribution >= 4 is 0 Å².